The maximum Gasteiger partial charge on any atom is 0.00669 e. The van der Waals surface area contributed by atoms with Gasteiger partial charge in [0.15, 0.2) is 0 Å². The fourth-order valence-electron chi connectivity index (χ4n) is 2.48. The predicted octanol–water partition coefficient (Wildman–Crippen LogP) is 3.74. The first kappa shape index (κ1) is 12.0. The second kappa shape index (κ2) is 7.28. The number of unbranched alkanes of at least 4 members (excludes halogenated alkanes) is 1. The van der Waals surface area contributed by atoms with Crippen LogP contribution in [0, 0.1) is 5.92 Å². The Balaban J connectivity index is 2.16. The Labute approximate surface area is 89.7 Å². The lowest BCUT2D eigenvalue weighted by atomic mass is 9.93. The molecular formula is C13H27N. The summed E-state index contributed by atoms with van der Waals surface area (Å²) < 4.78 is 0. The summed E-state index contributed by atoms with van der Waals surface area (Å²) in [6.45, 7) is 5.86. The van der Waals surface area contributed by atoms with Crippen molar-refractivity contribution in [3.05, 3.63) is 0 Å². The molecule has 1 rings (SSSR count). The standard InChI is InChI=1S/C13H27N/c1-3-4-11-14-12(2)13-9-7-5-6-8-10-13/h12-14H,3-11H2,1-2H3/t12-/m0/s1. The summed E-state index contributed by atoms with van der Waals surface area (Å²) in [5.41, 5.74) is 0. The Kier molecular flexibility index (Phi) is 6.25. The van der Waals surface area contributed by atoms with Crippen molar-refractivity contribution >= 4 is 0 Å². The molecule has 0 amide bonds. The smallest absolute Gasteiger partial charge is 0.00669 e. The molecule has 1 aliphatic rings. The van der Waals surface area contributed by atoms with Crippen molar-refractivity contribution in [2.45, 2.75) is 71.3 Å². The normalized spacial score (nSPS) is 21.9. The Bertz CT molecular complexity index is 125. The first-order chi connectivity index (χ1) is 6.84. The molecule has 84 valence electrons. The zero-order valence-corrected chi connectivity index (χ0v) is 10.0. The molecule has 14 heavy (non-hydrogen) atoms. The monoisotopic (exact) mass is 197 g/mol. The Morgan fingerprint density at radius 2 is 1.79 bits per heavy atom. The van der Waals surface area contributed by atoms with Crippen molar-refractivity contribution in [2.24, 2.45) is 5.92 Å². The van der Waals surface area contributed by atoms with Crippen LogP contribution in [0.2, 0.25) is 0 Å². The van der Waals surface area contributed by atoms with Gasteiger partial charge in [0, 0.05) is 6.04 Å². The first-order valence-electron chi connectivity index (χ1n) is 6.58. The fourth-order valence-corrected chi connectivity index (χ4v) is 2.48. The maximum atomic E-state index is 3.68. The summed E-state index contributed by atoms with van der Waals surface area (Å²) in [4.78, 5) is 0. The van der Waals surface area contributed by atoms with Crippen LogP contribution >= 0.6 is 0 Å². The van der Waals surface area contributed by atoms with Gasteiger partial charge < -0.3 is 5.32 Å². The van der Waals surface area contributed by atoms with Crippen LogP contribution < -0.4 is 5.32 Å². The Hall–Kier alpha value is -0.0400. The molecule has 0 saturated heterocycles. The summed E-state index contributed by atoms with van der Waals surface area (Å²) in [5.74, 6) is 0.953. The molecule has 0 aromatic heterocycles. The van der Waals surface area contributed by atoms with E-state index in [-0.39, 0.29) is 0 Å². The average molecular weight is 197 g/mol. The molecular weight excluding hydrogens is 170 g/mol. The minimum atomic E-state index is 0.750. The van der Waals surface area contributed by atoms with Crippen LogP contribution in [0.25, 0.3) is 0 Å². The van der Waals surface area contributed by atoms with Crippen LogP contribution in [0.1, 0.15) is 65.2 Å². The molecule has 1 atom stereocenters. The lowest BCUT2D eigenvalue weighted by Crippen LogP contribution is -2.34. The van der Waals surface area contributed by atoms with Crippen LogP contribution in [0.15, 0.2) is 0 Å². The summed E-state index contributed by atoms with van der Waals surface area (Å²) in [5, 5.41) is 3.68. The molecule has 0 aromatic rings. The molecule has 1 saturated carbocycles. The van der Waals surface area contributed by atoms with Gasteiger partial charge in [-0.2, -0.15) is 0 Å². The van der Waals surface area contributed by atoms with Crippen molar-refractivity contribution < 1.29 is 0 Å². The topological polar surface area (TPSA) is 12.0 Å². The third-order valence-electron chi connectivity index (χ3n) is 3.60. The highest BCUT2D eigenvalue weighted by Gasteiger charge is 2.17. The van der Waals surface area contributed by atoms with Crippen molar-refractivity contribution in [1.82, 2.24) is 5.32 Å². The van der Waals surface area contributed by atoms with E-state index in [0.29, 0.717) is 0 Å². The molecule has 1 N–H and O–H groups in total. The van der Waals surface area contributed by atoms with Gasteiger partial charge in [0.2, 0.25) is 0 Å². The van der Waals surface area contributed by atoms with Gasteiger partial charge in [-0.05, 0) is 38.6 Å². The number of nitrogens with one attached hydrogen (secondary N) is 1. The molecule has 0 aliphatic heterocycles. The van der Waals surface area contributed by atoms with Gasteiger partial charge in [0.05, 0.1) is 0 Å². The zero-order valence-electron chi connectivity index (χ0n) is 10.0. The van der Waals surface area contributed by atoms with Crippen LogP contribution in [-0.2, 0) is 0 Å². The SMILES string of the molecule is CCCCN[C@@H](C)C1CCCCCC1. The van der Waals surface area contributed by atoms with E-state index >= 15 is 0 Å². The minimum Gasteiger partial charge on any atom is -0.314 e. The number of hydrogen-bond acceptors (Lipinski definition) is 1. The number of hydrogen-bond donors (Lipinski definition) is 1. The van der Waals surface area contributed by atoms with E-state index in [9.17, 15) is 0 Å². The fraction of sp³-hybridized carbons (Fsp3) is 1.00. The summed E-state index contributed by atoms with van der Waals surface area (Å²) in [7, 11) is 0. The van der Waals surface area contributed by atoms with E-state index in [4.69, 9.17) is 0 Å². The minimum absolute atomic E-state index is 0.750. The average Bonchev–Trinajstić information content (AvgIpc) is 2.46. The number of rotatable bonds is 5. The molecule has 1 nitrogen and oxygen atoms in total. The van der Waals surface area contributed by atoms with E-state index in [1.165, 1.54) is 57.9 Å². The van der Waals surface area contributed by atoms with Crippen LogP contribution in [0.5, 0.6) is 0 Å². The first-order valence-corrected chi connectivity index (χ1v) is 6.58. The molecule has 0 aromatic carbocycles. The highest BCUT2D eigenvalue weighted by Crippen LogP contribution is 2.25. The molecule has 0 spiro atoms. The van der Waals surface area contributed by atoms with Crippen molar-refractivity contribution in [3.63, 3.8) is 0 Å². The second-order valence-electron chi connectivity index (χ2n) is 4.85. The molecule has 1 fully saturated rings. The molecule has 0 heterocycles. The van der Waals surface area contributed by atoms with Crippen LogP contribution in [0.4, 0.5) is 0 Å². The van der Waals surface area contributed by atoms with E-state index in [1.807, 2.05) is 0 Å². The summed E-state index contributed by atoms with van der Waals surface area (Å²) >= 11 is 0. The summed E-state index contributed by atoms with van der Waals surface area (Å²) in [6.07, 6.45) is 11.4. The van der Waals surface area contributed by atoms with Crippen molar-refractivity contribution in [1.29, 1.82) is 0 Å². The van der Waals surface area contributed by atoms with E-state index in [2.05, 4.69) is 19.2 Å². The molecule has 1 aliphatic carbocycles. The second-order valence-corrected chi connectivity index (χ2v) is 4.85. The maximum absolute atomic E-state index is 3.68. The molecule has 0 radical (unpaired) electrons. The highest BCUT2D eigenvalue weighted by molar-refractivity contribution is 4.74. The quantitative estimate of drug-likeness (QED) is 0.523. The molecule has 1 heteroatoms. The lowest BCUT2D eigenvalue weighted by Gasteiger charge is -2.23. The van der Waals surface area contributed by atoms with Crippen LogP contribution in [0.3, 0.4) is 0 Å². The summed E-state index contributed by atoms with van der Waals surface area (Å²) in [6, 6.07) is 0.750. The van der Waals surface area contributed by atoms with Crippen molar-refractivity contribution in [3.8, 4) is 0 Å². The lowest BCUT2D eigenvalue weighted by molar-refractivity contribution is 0.337. The van der Waals surface area contributed by atoms with E-state index < -0.39 is 0 Å². The van der Waals surface area contributed by atoms with Gasteiger partial charge in [-0.15, -0.1) is 0 Å². The Morgan fingerprint density at radius 3 is 2.36 bits per heavy atom. The largest absolute Gasteiger partial charge is 0.314 e. The van der Waals surface area contributed by atoms with E-state index in [1.54, 1.807) is 0 Å². The van der Waals surface area contributed by atoms with Gasteiger partial charge in [-0.25, -0.2) is 0 Å². The third kappa shape index (κ3) is 4.45. The van der Waals surface area contributed by atoms with Gasteiger partial charge in [0.25, 0.3) is 0 Å². The van der Waals surface area contributed by atoms with Crippen LogP contribution in [-0.4, -0.2) is 12.6 Å². The zero-order chi connectivity index (χ0) is 10.2. The Morgan fingerprint density at radius 1 is 1.14 bits per heavy atom. The van der Waals surface area contributed by atoms with Gasteiger partial charge in [0.1, 0.15) is 0 Å². The van der Waals surface area contributed by atoms with E-state index in [0.717, 1.165) is 12.0 Å². The van der Waals surface area contributed by atoms with Gasteiger partial charge in [-0.1, -0.05) is 39.0 Å². The van der Waals surface area contributed by atoms with Crippen molar-refractivity contribution in [2.75, 3.05) is 6.54 Å². The predicted molar refractivity (Wildman–Crippen MR) is 63.6 cm³/mol. The molecule has 0 unspecified atom stereocenters. The van der Waals surface area contributed by atoms with Gasteiger partial charge in [-0.3, -0.25) is 0 Å². The molecule has 0 bridgehead atoms. The third-order valence-corrected chi connectivity index (χ3v) is 3.60. The highest BCUT2D eigenvalue weighted by atomic mass is 14.9. The van der Waals surface area contributed by atoms with Gasteiger partial charge >= 0.3 is 0 Å².